The maximum Gasteiger partial charge on any atom is 0.417 e. The van der Waals surface area contributed by atoms with Crippen LogP contribution in [0.25, 0.3) is 11.1 Å². The van der Waals surface area contributed by atoms with Crippen molar-refractivity contribution in [3.63, 3.8) is 0 Å². The molecule has 0 N–H and O–H groups in total. The molecular formula is C43H47Cl2F3N4O2. The van der Waals surface area contributed by atoms with Crippen LogP contribution in [-0.4, -0.2) is 11.6 Å². The van der Waals surface area contributed by atoms with Gasteiger partial charge in [0.25, 0.3) is 0 Å². The maximum absolute atomic E-state index is 14.5. The van der Waals surface area contributed by atoms with Crippen LogP contribution in [0, 0.1) is 21.7 Å². The van der Waals surface area contributed by atoms with E-state index in [1.807, 2.05) is 83.1 Å². The van der Waals surface area contributed by atoms with E-state index < -0.39 is 33.4 Å². The van der Waals surface area contributed by atoms with E-state index in [1.54, 1.807) is 24.3 Å². The number of nitrogens with zero attached hydrogens (tertiary/aromatic N) is 4. The number of allylic oxidation sites excluding steroid dienone is 10. The number of carbonyl (C=O) groups excluding carboxylic acids is 2. The number of rotatable bonds is 5. The van der Waals surface area contributed by atoms with E-state index in [0.717, 1.165) is 6.07 Å². The van der Waals surface area contributed by atoms with Crippen molar-refractivity contribution in [2.45, 2.75) is 89.3 Å². The molecule has 0 spiro atoms. The molecule has 0 fully saturated rings. The summed E-state index contributed by atoms with van der Waals surface area (Å²) in [5.74, 6) is -0.0576. The zero-order valence-corrected chi connectivity index (χ0v) is 34.4. The molecule has 6 nitrogen and oxygen atoms in total. The first-order valence-electron chi connectivity index (χ1n) is 17.5. The first-order chi connectivity index (χ1) is 24.6. The molecular weight excluding hydrogens is 732 g/mol. The molecule has 286 valence electrons. The van der Waals surface area contributed by atoms with Crippen molar-refractivity contribution in [1.29, 1.82) is 0 Å². The first kappa shape index (κ1) is 42.5. The fourth-order valence-electron chi connectivity index (χ4n) is 5.88. The van der Waals surface area contributed by atoms with E-state index in [-0.39, 0.29) is 44.1 Å². The Morgan fingerprint density at radius 3 is 1.33 bits per heavy atom. The Balaban J connectivity index is 1.68. The lowest BCUT2D eigenvalue weighted by Gasteiger charge is -2.31. The van der Waals surface area contributed by atoms with Crippen molar-refractivity contribution in [3.8, 4) is 11.1 Å². The van der Waals surface area contributed by atoms with Crippen molar-refractivity contribution in [2.24, 2.45) is 42.1 Å². The molecule has 2 aromatic rings. The second-order valence-corrected chi connectivity index (χ2v) is 18.4. The molecule has 0 bridgehead atoms. The Morgan fingerprint density at radius 2 is 0.944 bits per heavy atom. The molecule has 2 aliphatic carbocycles. The third kappa shape index (κ3) is 9.90. The summed E-state index contributed by atoms with van der Waals surface area (Å²) in [6.45, 7) is 23.5. The fraction of sp³-hybridized carbons (Fsp3) is 0.395. The standard InChI is InChI=1S/C43H47Cl2F3N4O2/c1-39(2,3)30-15-24(16-31(37(30)53)40(4,5)6)22-49-51-26-13-14-27(29(19-26)43(46,47)48)28-20-35(45)36(21-34(28)44)52-50-23-25-17-32(41(7,8)9)38(54)33(18-25)42(10,11)12/h13-23H,1-12H3. The number of benzene rings is 2. The molecule has 2 aromatic carbocycles. The summed E-state index contributed by atoms with van der Waals surface area (Å²) in [6.07, 6.45) is 5.21. The molecule has 2 aliphatic rings. The topological polar surface area (TPSA) is 83.6 Å². The van der Waals surface area contributed by atoms with E-state index in [2.05, 4.69) is 20.5 Å². The van der Waals surface area contributed by atoms with Gasteiger partial charge in [-0.15, -0.1) is 5.11 Å². The van der Waals surface area contributed by atoms with Gasteiger partial charge in [-0.2, -0.15) is 28.5 Å². The third-order valence-electron chi connectivity index (χ3n) is 8.84. The van der Waals surface area contributed by atoms with Crippen LogP contribution in [0.15, 0.2) is 121 Å². The summed E-state index contributed by atoms with van der Waals surface area (Å²) in [6, 6.07) is 6.24. The van der Waals surface area contributed by atoms with E-state index in [0.29, 0.717) is 33.4 Å². The van der Waals surface area contributed by atoms with Crippen molar-refractivity contribution >= 4 is 46.1 Å². The molecule has 0 aliphatic heterocycles. The van der Waals surface area contributed by atoms with Crippen molar-refractivity contribution < 1.29 is 22.8 Å². The average Bonchev–Trinajstić information content (AvgIpc) is 3.01. The van der Waals surface area contributed by atoms with E-state index >= 15 is 0 Å². The minimum absolute atomic E-state index is 0.0152. The summed E-state index contributed by atoms with van der Waals surface area (Å²) in [4.78, 5) is 26.5. The SMILES string of the molecule is CC(C)(C)C1=CC(=CN=Nc2ccc(-c3cc(Cl)c(N=NC=C4C=C(C(C)(C)C)C(=O)C(C(C)(C)C)=C4)cc3Cl)c(C(F)(F)F)c2)C=C(C(C)(C)C)C1=O. The molecule has 0 amide bonds. The summed E-state index contributed by atoms with van der Waals surface area (Å²) in [5.41, 5.74) is 1.10. The Labute approximate surface area is 326 Å². The molecule has 0 unspecified atom stereocenters. The number of azo groups is 2. The van der Waals surface area contributed by atoms with Gasteiger partial charge in [-0.05, 0) is 86.9 Å². The van der Waals surface area contributed by atoms with Gasteiger partial charge in [0, 0.05) is 27.9 Å². The third-order valence-corrected chi connectivity index (χ3v) is 9.46. The van der Waals surface area contributed by atoms with Gasteiger partial charge in [0.1, 0.15) is 5.69 Å². The number of alkyl halides is 3. The van der Waals surface area contributed by atoms with Gasteiger partial charge in [0.15, 0.2) is 11.6 Å². The summed E-state index contributed by atoms with van der Waals surface area (Å²) < 4.78 is 43.4. The Morgan fingerprint density at radius 1 is 0.537 bits per heavy atom. The summed E-state index contributed by atoms with van der Waals surface area (Å²) in [7, 11) is 0. The minimum Gasteiger partial charge on any atom is -0.289 e. The zero-order chi connectivity index (χ0) is 40.8. The van der Waals surface area contributed by atoms with Crippen molar-refractivity contribution in [3.05, 3.63) is 116 Å². The normalized spacial score (nSPS) is 16.5. The number of ketones is 2. The Kier molecular flexibility index (Phi) is 11.9. The molecule has 11 heteroatoms. The van der Waals surface area contributed by atoms with Crippen LogP contribution >= 0.6 is 23.2 Å². The Hall–Kier alpha value is -4.21. The second kappa shape index (κ2) is 15.1. The molecule has 0 saturated heterocycles. The minimum atomic E-state index is -4.77. The number of halogens is 5. The predicted octanol–water partition coefficient (Wildman–Crippen LogP) is 14.7. The first-order valence-corrected chi connectivity index (χ1v) is 18.3. The molecule has 0 radical (unpaired) electrons. The van der Waals surface area contributed by atoms with Crippen molar-refractivity contribution in [1.82, 2.24) is 0 Å². The average molecular weight is 780 g/mol. The van der Waals surface area contributed by atoms with Crippen LogP contribution in [0.4, 0.5) is 24.5 Å². The summed E-state index contributed by atoms with van der Waals surface area (Å²) in [5, 5.41) is 16.5. The smallest absolute Gasteiger partial charge is 0.289 e. The highest BCUT2D eigenvalue weighted by Crippen LogP contribution is 2.45. The maximum atomic E-state index is 14.5. The van der Waals surface area contributed by atoms with Crippen LogP contribution < -0.4 is 0 Å². The van der Waals surface area contributed by atoms with Crippen LogP contribution in [-0.2, 0) is 15.8 Å². The molecule has 0 atom stereocenters. The van der Waals surface area contributed by atoms with E-state index in [4.69, 9.17) is 23.2 Å². The quantitative estimate of drug-likeness (QED) is 0.283. The number of hydrogen-bond acceptors (Lipinski definition) is 6. The van der Waals surface area contributed by atoms with Crippen LogP contribution in [0.5, 0.6) is 0 Å². The molecule has 0 heterocycles. The van der Waals surface area contributed by atoms with Gasteiger partial charge in [0.05, 0.1) is 33.7 Å². The Bertz CT molecular complexity index is 2060. The van der Waals surface area contributed by atoms with Crippen molar-refractivity contribution in [2.75, 3.05) is 0 Å². The van der Waals surface area contributed by atoms with Crippen LogP contribution in [0.1, 0.15) is 88.6 Å². The van der Waals surface area contributed by atoms with E-state index in [1.165, 1.54) is 36.7 Å². The van der Waals surface area contributed by atoms with Gasteiger partial charge in [0.2, 0.25) is 0 Å². The van der Waals surface area contributed by atoms with Crippen LogP contribution in [0.3, 0.4) is 0 Å². The largest absolute Gasteiger partial charge is 0.417 e. The number of carbonyl (C=O) groups is 2. The highest BCUT2D eigenvalue weighted by Gasteiger charge is 2.36. The molecule has 0 aromatic heterocycles. The highest BCUT2D eigenvalue weighted by molar-refractivity contribution is 6.37. The monoisotopic (exact) mass is 778 g/mol. The second-order valence-electron chi connectivity index (χ2n) is 17.6. The predicted molar refractivity (Wildman–Crippen MR) is 212 cm³/mol. The number of Topliss-reactive ketones (excluding diaryl/α,β-unsaturated/α-hetero) is 2. The lowest BCUT2D eigenvalue weighted by atomic mass is 9.72. The van der Waals surface area contributed by atoms with E-state index in [9.17, 15) is 22.8 Å². The summed E-state index contributed by atoms with van der Waals surface area (Å²) >= 11 is 13.1. The van der Waals surface area contributed by atoms with Gasteiger partial charge in [-0.3, -0.25) is 9.59 Å². The van der Waals surface area contributed by atoms with Gasteiger partial charge in [-0.1, -0.05) is 112 Å². The molecule has 54 heavy (non-hydrogen) atoms. The lowest BCUT2D eigenvalue weighted by Crippen LogP contribution is -2.27. The fourth-order valence-corrected chi connectivity index (χ4v) is 6.34. The van der Waals surface area contributed by atoms with Gasteiger partial charge < -0.3 is 0 Å². The van der Waals surface area contributed by atoms with Gasteiger partial charge >= 0.3 is 6.18 Å². The van der Waals surface area contributed by atoms with Crippen LogP contribution in [0.2, 0.25) is 10.0 Å². The van der Waals surface area contributed by atoms with Gasteiger partial charge in [-0.25, -0.2) is 0 Å². The molecule has 0 saturated carbocycles. The number of hydrogen-bond donors (Lipinski definition) is 0. The zero-order valence-electron chi connectivity index (χ0n) is 32.8. The molecule has 4 rings (SSSR count). The highest BCUT2D eigenvalue weighted by atomic mass is 35.5. The lowest BCUT2D eigenvalue weighted by molar-refractivity contribution is -0.137.